The zero-order chi connectivity index (χ0) is 15.6. The topological polar surface area (TPSA) is 72.7 Å². The molecule has 0 aliphatic heterocycles. The molecule has 23 heavy (non-hydrogen) atoms. The summed E-state index contributed by atoms with van der Waals surface area (Å²) in [5.41, 5.74) is 1.73. The molecule has 0 spiro atoms. The molecule has 1 aliphatic rings. The highest BCUT2D eigenvalue weighted by Gasteiger charge is 2.27. The number of rotatable bonds is 5. The van der Waals surface area contributed by atoms with Crippen LogP contribution in [0.25, 0.3) is 0 Å². The predicted octanol–water partition coefficient (Wildman–Crippen LogP) is 2.91. The number of carbonyl (C=O) groups excluding carboxylic acids is 1. The van der Waals surface area contributed by atoms with Crippen LogP contribution >= 0.6 is 11.3 Å². The van der Waals surface area contributed by atoms with Crippen LogP contribution in [0.1, 0.15) is 39.7 Å². The Morgan fingerprint density at radius 1 is 1.26 bits per heavy atom. The first-order chi connectivity index (χ1) is 11.3. The van der Waals surface area contributed by atoms with Crippen LogP contribution in [0, 0.1) is 0 Å². The van der Waals surface area contributed by atoms with Crippen molar-refractivity contribution in [1.29, 1.82) is 0 Å². The van der Waals surface area contributed by atoms with Crippen LogP contribution < -0.4 is 5.32 Å². The van der Waals surface area contributed by atoms with Gasteiger partial charge in [0.25, 0.3) is 5.91 Å². The predicted molar refractivity (Wildman–Crippen MR) is 87.6 cm³/mol. The highest BCUT2D eigenvalue weighted by atomic mass is 32.1. The quantitative estimate of drug-likeness (QED) is 0.783. The summed E-state index contributed by atoms with van der Waals surface area (Å²) in [7, 11) is 0. The number of anilines is 1. The summed E-state index contributed by atoms with van der Waals surface area (Å²) in [6.07, 6.45) is 7.79. The molecule has 2 heterocycles. The van der Waals surface area contributed by atoms with E-state index in [1.165, 1.54) is 24.2 Å². The fourth-order valence-corrected chi connectivity index (χ4v) is 3.21. The molecule has 1 fully saturated rings. The molecule has 6 nitrogen and oxygen atoms in total. The second kappa shape index (κ2) is 5.92. The Kier molecular flexibility index (Phi) is 3.63. The molecule has 1 amide bonds. The molecule has 1 saturated carbocycles. The number of carbonyl (C=O) groups is 1. The Morgan fingerprint density at radius 2 is 2.09 bits per heavy atom. The van der Waals surface area contributed by atoms with Gasteiger partial charge in [0.1, 0.15) is 5.01 Å². The highest BCUT2D eigenvalue weighted by molar-refractivity contribution is 7.15. The summed E-state index contributed by atoms with van der Waals surface area (Å²) in [5.74, 6) is 0.401. The average Bonchev–Trinajstić information content (AvgIpc) is 3.09. The zero-order valence-electron chi connectivity index (χ0n) is 12.3. The lowest BCUT2D eigenvalue weighted by Gasteiger charge is -2.05. The largest absolute Gasteiger partial charge is 0.333 e. The fourth-order valence-electron chi connectivity index (χ4n) is 2.30. The summed E-state index contributed by atoms with van der Waals surface area (Å²) >= 11 is 1.47. The number of amides is 1. The number of nitrogens with zero attached hydrogens (tertiary/aromatic N) is 4. The van der Waals surface area contributed by atoms with Crippen LogP contribution in [0.5, 0.6) is 0 Å². The fraction of sp³-hybridized carbons (Fsp3) is 0.250. The van der Waals surface area contributed by atoms with Crippen molar-refractivity contribution in [1.82, 2.24) is 19.7 Å². The van der Waals surface area contributed by atoms with Crippen molar-refractivity contribution in [2.24, 2.45) is 0 Å². The highest BCUT2D eigenvalue weighted by Crippen LogP contribution is 2.42. The zero-order valence-corrected chi connectivity index (χ0v) is 13.2. The second-order valence-electron chi connectivity index (χ2n) is 5.61. The molecule has 1 N–H and O–H groups in total. The van der Waals surface area contributed by atoms with Gasteiger partial charge in [-0.1, -0.05) is 23.5 Å². The SMILES string of the molecule is O=C(Nc1nnc(C2CC2)s1)c1ccc(Cn2ccnc2)cc1. The van der Waals surface area contributed by atoms with Crippen molar-refractivity contribution in [3.05, 3.63) is 59.1 Å². The molecule has 3 aromatic rings. The van der Waals surface area contributed by atoms with Gasteiger partial charge < -0.3 is 4.57 Å². The van der Waals surface area contributed by atoms with Gasteiger partial charge in [0.15, 0.2) is 0 Å². The summed E-state index contributed by atoms with van der Waals surface area (Å²) in [6, 6.07) is 7.55. The minimum Gasteiger partial charge on any atom is -0.333 e. The number of nitrogens with one attached hydrogen (secondary N) is 1. The standard InChI is InChI=1S/C16H15N5OS/c22-14(18-16-20-19-15(23-16)13-5-6-13)12-3-1-11(2-4-12)9-21-8-7-17-10-21/h1-4,7-8,10,13H,5-6,9H2,(H,18,20,22). The molecule has 116 valence electrons. The Hall–Kier alpha value is -2.54. The van der Waals surface area contributed by atoms with Crippen LogP contribution in [-0.2, 0) is 6.54 Å². The molecule has 0 bridgehead atoms. The monoisotopic (exact) mass is 325 g/mol. The Balaban J connectivity index is 1.41. The molecule has 0 unspecified atom stereocenters. The second-order valence-corrected chi connectivity index (χ2v) is 6.61. The first-order valence-corrected chi connectivity index (χ1v) is 8.29. The molecule has 1 aliphatic carbocycles. The van der Waals surface area contributed by atoms with Gasteiger partial charge in [-0.3, -0.25) is 10.1 Å². The minimum absolute atomic E-state index is 0.155. The lowest BCUT2D eigenvalue weighted by Crippen LogP contribution is -2.11. The van der Waals surface area contributed by atoms with Crippen LogP contribution in [0.15, 0.2) is 43.0 Å². The lowest BCUT2D eigenvalue weighted by molar-refractivity contribution is 0.102. The summed E-state index contributed by atoms with van der Waals surface area (Å²) < 4.78 is 1.98. The molecule has 0 saturated heterocycles. The van der Waals surface area contributed by atoms with Gasteiger partial charge in [0, 0.05) is 30.4 Å². The molecule has 2 aromatic heterocycles. The maximum Gasteiger partial charge on any atom is 0.257 e. The van der Waals surface area contributed by atoms with Crippen molar-refractivity contribution in [3.8, 4) is 0 Å². The number of imidazole rings is 1. The third-order valence-electron chi connectivity index (χ3n) is 3.73. The molecule has 7 heteroatoms. The first-order valence-electron chi connectivity index (χ1n) is 7.47. The average molecular weight is 325 g/mol. The van der Waals surface area contributed by atoms with Crippen LogP contribution in [0.3, 0.4) is 0 Å². The number of hydrogen-bond donors (Lipinski definition) is 1. The van der Waals surface area contributed by atoms with E-state index in [1.54, 1.807) is 12.5 Å². The molecular weight excluding hydrogens is 310 g/mol. The Labute approximate surface area is 137 Å². The van der Waals surface area contributed by atoms with Gasteiger partial charge in [0.2, 0.25) is 5.13 Å². The third-order valence-corrected chi connectivity index (χ3v) is 4.73. The van der Waals surface area contributed by atoms with E-state index < -0.39 is 0 Å². The van der Waals surface area contributed by atoms with Gasteiger partial charge in [-0.2, -0.15) is 0 Å². The first kappa shape index (κ1) is 14.1. The Bertz CT molecular complexity index is 805. The Morgan fingerprint density at radius 3 is 2.78 bits per heavy atom. The molecule has 4 rings (SSSR count). The number of benzene rings is 1. The van der Waals surface area contributed by atoms with Gasteiger partial charge in [-0.05, 0) is 30.5 Å². The van der Waals surface area contributed by atoms with Crippen molar-refractivity contribution >= 4 is 22.4 Å². The molecule has 0 atom stereocenters. The van der Waals surface area contributed by atoms with Crippen LogP contribution in [0.2, 0.25) is 0 Å². The minimum atomic E-state index is -0.155. The number of aromatic nitrogens is 4. The van der Waals surface area contributed by atoms with E-state index >= 15 is 0 Å². The smallest absolute Gasteiger partial charge is 0.257 e. The van der Waals surface area contributed by atoms with E-state index in [2.05, 4.69) is 20.5 Å². The van der Waals surface area contributed by atoms with E-state index in [0.717, 1.165) is 17.1 Å². The normalized spacial score (nSPS) is 13.9. The van der Waals surface area contributed by atoms with Gasteiger partial charge in [-0.25, -0.2) is 4.98 Å². The van der Waals surface area contributed by atoms with Crippen molar-refractivity contribution in [2.75, 3.05) is 5.32 Å². The van der Waals surface area contributed by atoms with Crippen molar-refractivity contribution in [2.45, 2.75) is 25.3 Å². The van der Waals surface area contributed by atoms with Crippen LogP contribution in [0.4, 0.5) is 5.13 Å². The van der Waals surface area contributed by atoms with E-state index in [0.29, 0.717) is 16.6 Å². The maximum absolute atomic E-state index is 12.2. The summed E-state index contributed by atoms with van der Waals surface area (Å²) in [6.45, 7) is 0.739. The molecular formula is C16H15N5OS. The van der Waals surface area contributed by atoms with Gasteiger partial charge in [0.05, 0.1) is 6.33 Å². The van der Waals surface area contributed by atoms with E-state index in [4.69, 9.17) is 0 Å². The van der Waals surface area contributed by atoms with Crippen molar-refractivity contribution in [3.63, 3.8) is 0 Å². The lowest BCUT2D eigenvalue weighted by atomic mass is 10.1. The summed E-state index contributed by atoms with van der Waals surface area (Å²) in [4.78, 5) is 16.3. The molecule has 1 aromatic carbocycles. The van der Waals surface area contributed by atoms with E-state index in [-0.39, 0.29) is 5.91 Å². The maximum atomic E-state index is 12.2. The number of hydrogen-bond acceptors (Lipinski definition) is 5. The third kappa shape index (κ3) is 3.29. The van der Waals surface area contributed by atoms with Gasteiger partial charge >= 0.3 is 0 Å². The summed E-state index contributed by atoms with van der Waals surface area (Å²) in [5, 5.41) is 12.6. The van der Waals surface area contributed by atoms with E-state index in [1.807, 2.05) is 35.0 Å². The van der Waals surface area contributed by atoms with Crippen molar-refractivity contribution < 1.29 is 4.79 Å². The van der Waals surface area contributed by atoms with E-state index in [9.17, 15) is 4.79 Å². The van der Waals surface area contributed by atoms with Gasteiger partial charge in [-0.15, -0.1) is 10.2 Å². The molecule has 0 radical (unpaired) electrons. The van der Waals surface area contributed by atoms with Crippen LogP contribution in [-0.4, -0.2) is 25.7 Å².